The summed E-state index contributed by atoms with van der Waals surface area (Å²) in [5.41, 5.74) is 2.25. The van der Waals surface area contributed by atoms with Crippen molar-refractivity contribution in [2.24, 2.45) is 0 Å². The van der Waals surface area contributed by atoms with Crippen molar-refractivity contribution in [3.8, 4) is 0 Å². The summed E-state index contributed by atoms with van der Waals surface area (Å²) in [5, 5.41) is 14.2. The maximum absolute atomic E-state index is 13.0. The van der Waals surface area contributed by atoms with Crippen LogP contribution in [0.4, 0.5) is 0 Å². The number of aliphatic hydroxyl groups is 1. The van der Waals surface area contributed by atoms with Crippen molar-refractivity contribution in [2.75, 3.05) is 27.3 Å². The van der Waals surface area contributed by atoms with Crippen LogP contribution in [0, 0.1) is 13.8 Å². The van der Waals surface area contributed by atoms with Crippen LogP contribution >= 0.6 is 15.9 Å². The van der Waals surface area contributed by atoms with Gasteiger partial charge in [-0.05, 0) is 49.4 Å². The zero-order valence-corrected chi connectivity index (χ0v) is 16.5. The molecule has 1 aromatic rings. The summed E-state index contributed by atoms with van der Waals surface area (Å²) < 4.78 is 0.903. The van der Waals surface area contributed by atoms with Crippen LogP contribution in [0.5, 0.6) is 0 Å². The Morgan fingerprint density at radius 2 is 1.76 bits per heavy atom. The second-order valence-electron chi connectivity index (χ2n) is 6.57. The van der Waals surface area contributed by atoms with E-state index in [1.165, 1.54) is 12.2 Å². The van der Waals surface area contributed by atoms with Gasteiger partial charge in [0, 0.05) is 17.6 Å². The molecule has 0 aliphatic carbocycles. The largest absolute Gasteiger partial charge is 0.509 e. The number of halogens is 1. The van der Waals surface area contributed by atoms with Gasteiger partial charge in [0.25, 0.3) is 5.91 Å². The summed E-state index contributed by atoms with van der Waals surface area (Å²) >= 11 is 3.52. The molecule has 2 aliphatic heterocycles. The number of benzene rings is 1. The molecule has 0 aromatic heterocycles. The number of hydrogen-bond donors (Lipinski definition) is 1. The van der Waals surface area contributed by atoms with Crippen LogP contribution in [-0.2, 0) is 14.5 Å². The first kappa shape index (κ1) is 18.4. The van der Waals surface area contributed by atoms with Crippen LogP contribution in [0.2, 0.25) is 0 Å². The summed E-state index contributed by atoms with van der Waals surface area (Å²) in [7, 11) is 3.09. The molecular weight excluding hydrogens is 388 g/mol. The molecule has 0 radical (unpaired) electrons. The number of hydroxylamine groups is 4. The van der Waals surface area contributed by atoms with Gasteiger partial charge >= 0.3 is 0 Å². The highest BCUT2D eigenvalue weighted by Crippen LogP contribution is 2.46. The lowest BCUT2D eigenvalue weighted by atomic mass is 9.85. The standard InChI is InChI=1S/C18H23BrN2O4/c1-11-9-12(2)14(19)10-13(11)15-16(22)18(21(25-4)17(15)23)5-7-20(24-3)8-6-18/h9-10,22H,5-8H2,1-4H3. The summed E-state index contributed by atoms with van der Waals surface area (Å²) in [6.07, 6.45) is 1.09. The van der Waals surface area contributed by atoms with E-state index in [0.717, 1.165) is 21.2 Å². The van der Waals surface area contributed by atoms with E-state index in [0.29, 0.717) is 31.5 Å². The summed E-state index contributed by atoms with van der Waals surface area (Å²) in [6, 6.07) is 3.90. The van der Waals surface area contributed by atoms with Crippen LogP contribution < -0.4 is 0 Å². The molecule has 0 saturated carbocycles. The average molecular weight is 411 g/mol. The van der Waals surface area contributed by atoms with Crippen LogP contribution in [0.1, 0.15) is 29.5 Å². The van der Waals surface area contributed by atoms with E-state index in [1.54, 1.807) is 7.11 Å². The van der Waals surface area contributed by atoms with Gasteiger partial charge in [-0.3, -0.25) is 9.63 Å². The van der Waals surface area contributed by atoms with E-state index in [2.05, 4.69) is 15.9 Å². The number of nitrogens with zero attached hydrogens (tertiary/aromatic N) is 2. The minimum Gasteiger partial charge on any atom is -0.509 e. The molecule has 2 aliphatic rings. The fraction of sp³-hybridized carbons (Fsp3) is 0.500. The van der Waals surface area contributed by atoms with E-state index < -0.39 is 5.54 Å². The SMILES string of the molecule is CON1CCC2(CC1)C(O)=C(c1cc(Br)c(C)cc1C)C(=O)N2OC. The minimum absolute atomic E-state index is 0.0916. The quantitative estimate of drug-likeness (QED) is 0.828. The van der Waals surface area contributed by atoms with Crippen molar-refractivity contribution in [1.82, 2.24) is 10.1 Å². The van der Waals surface area contributed by atoms with Crippen molar-refractivity contribution in [3.05, 3.63) is 39.1 Å². The highest BCUT2D eigenvalue weighted by Gasteiger charge is 2.55. The molecule has 3 rings (SSSR count). The third kappa shape index (κ3) is 2.79. The van der Waals surface area contributed by atoms with Crippen LogP contribution in [-0.4, -0.2) is 54.0 Å². The normalized spacial score (nSPS) is 20.8. The first-order chi connectivity index (χ1) is 11.9. The van der Waals surface area contributed by atoms with Crippen LogP contribution in [0.25, 0.3) is 5.57 Å². The van der Waals surface area contributed by atoms with Gasteiger partial charge in [-0.2, -0.15) is 5.06 Å². The Morgan fingerprint density at radius 1 is 1.12 bits per heavy atom. The molecule has 6 nitrogen and oxygen atoms in total. The smallest absolute Gasteiger partial charge is 0.282 e. The van der Waals surface area contributed by atoms with E-state index in [9.17, 15) is 9.90 Å². The Bertz CT molecular complexity index is 739. The number of aliphatic hydroxyl groups excluding tert-OH is 1. The number of carbonyl (C=O) groups excluding carboxylic acids is 1. The predicted molar refractivity (Wildman–Crippen MR) is 97.6 cm³/mol. The van der Waals surface area contributed by atoms with Gasteiger partial charge in [0.2, 0.25) is 0 Å². The van der Waals surface area contributed by atoms with Gasteiger partial charge < -0.3 is 9.94 Å². The molecule has 1 aromatic carbocycles. The number of hydrogen-bond acceptors (Lipinski definition) is 5. The Hall–Kier alpha value is -1.41. The van der Waals surface area contributed by atoms with Gasteiger partial charge in [-0.15, -0.1) is 0 Å². The topological polar surface area (TPSA) is 62.2 Å². The number of aryl methyl sites for hydroxylation is 2. The molecule has 0 unspecified atom stereocenters. The van der Waals surface area contributed by atoms with Crippen molar-refractivity contribution in [2.45, 2.75) is 32.2 Å². The molecule has 0 atom stereocenters. The molecule has 1 fully saturated rings. The zero-order chi connectivity index (χ0) is 18.4. The first-order valence-corrected chi connectivity index (χ1v) is 9.03. The lowest BCUT2D eigenvalue weighted by Crippen LogP contribution is -2.54. The number of amides is 1. The number of carbonyl (C=O) groups is 1. The molecule has 0 bridgehead atoms. The lowest BCUT2D eigenvalue weighted by molar-refractivity contribution is -0.221. The van der Waals surface area contributed by atoms with Crippen molar-refractivity contribution in [1.29, 1.82) is 0 Å². The van der Waals surface area contributed by atoms with Gasteiger partial charge in [0.1, 0.15) is 11.3 Å². The maximum atomic E-state index is 13.0. The fourth-order valence-corrected chi connectivity index (χ4v) is 4.14. The maximum Gasteiger partial charge on any atom is 0.282 e. The monoisotopic (exact) mass is 410 g/mol. The van der Waals surface area contributed by atoms with E-state index >= 15 is 0 Å². The van der Waals surface area contributed by atoms with E-state index in [-0.39, 0.29) is 11.7 Å². The third-order valence-electron chi connectivity index (χ3n) is 5.23. The molecule has 136 valence electrons. The Morgan fingerprint density at radius 3 is 2.32 bits per heavy atom. The minimum atomic E-state index is -0.833. The Labute approximate surface area is 156 Å². The Kier molecular flexibility index (Phi) is 4.94. The molecular formula is C18H23BrN2O4. The highest BCUT2D eigenvalue weighted by atomic mass is 79.9. The van der Waals surface area contributed by atoms with Crippen LogP contribution in [0.3, 0.4) is 0 Å². The molecule has 2 heterocycles. The zero-order valence-electron chi connectivity index (χ0n) is 14.9. The summed E-state index contributed by atoms with van der Waals surface area (Å²) in [5.74, 6) is -0.210. The predicted octanol–water partition coefficient (Wildman–Crippen LogP) is 3.13. The van der Waals surface area contributed by atoms with Gasteiger partial charge in [-0.1, -0.05) is 22.0 Å². The van der Waals surface area contributed by atoms with Gasteiger partial charge in [-0.25, -0.2) is 5.06 Å². The van der Waals surface area contributed by atoms with Crippen molar-refractivity contribution >= 4 is 27.4 Å². The van der Waals surface area contributed by atoms with Crippen molar-refractivity contribution < 1.29 is 19.6 Å². The van der Waals surface area contributed by atoms with Crippen molar-refractivity contribution in [3.63, 3.8) is 0 Å². The summed E-state index contributed by atoms with van der Waals surface area (Å²) in [4.78, 5) is 23.7. The number of piperidine rings is 1. The molecule has 25 heavy (non-hydrogen) atoms. The first-order valence-electron chi connectivity index (χ1n) is 8.24. The molecule has 1 amide bonds. The average Bonchev–Trinajstić information content (AvgIpc) is 2.79. The Balaban J connectivity index is 2.10. The molecule has 1 saturated heterocycles. The molecule has 1 N–H and O–H groups in total. The third-order valence-corrected chi connectivity index (χ3v) is 6.08. The highest BCUT2D eigenvalue weighted by molar-refractivity contribution is 9.10. The second kappa shape index (κ2) is 6.72. The van der Waals surface area contributed by atoms with E-state index in [4.69, 9.17) is 9.68 Å². The number of rotatable bonds is 3. The summed E-state index contributed by atoms with van der Waals surface area (Å²) in [6.45, 7) is 5.15. The fourth-order valence-electron chi connectivity index (χ4n) is 3.80. The second-order valence-corrected chi connectivity index (χ2v) is 7.42. The van der Waals surface area contributed by atoms with E-state index in [1.807, 2.05) is 31.0 Å². The van der Waals surface area contributed by atoms with Gasteiger partial charge in [0.15, 0.2) is 0 Å². The molecule has 1 spiro atoms. The van der Waals surface area contributed by atoms with Crippen LogP contribution in [0.15, 0.2) is 22.4 Å². The lowest BCUT2D eigenvalue weighted by Gasteiger charge is -2.42. The van der Waals surface area contributed by atoms with Gasteiger partial charge in [0.05, 0.1) is 19.8 Å². The molecule has 7 heteroatoms.